The van der Waals surface area contributed by atoms with E-state index < -0.39 is 18.0 Å². The number of anilines is 1. The van der Waals surface area contributed by atoms with Crippen molar-refractivity contribution in [3.8, 4) is 0 Å². The molecule has 0 aromatic heterocycles. The van der Waals surface area contributed by atoms with Gasteiger partial charge in [-0.3, -0.25) is 4.79 Å². The van der Waals surface area contributed by atoms with E-state index in [2.05, 4.69) is 10.6 Å². The fraction of sp³-hybridized carbons (Fsp3) is 0.308. The molecule has 1 aromatic rings. The summed E-state index contributed by atoms with van der Waals surface area (Å²) in [6.07, 6.45) is 0.0624. The molecule has 3 N–H and O–H groups in total. The lowest BCUT2D eigenvalue weighted by Crippen LogP contribution is -2.31. The summed E-state index contributed by atoms with van der Waals surface area (Å²) in [7, 11) is 0. The predicted molar refractivity (Wildman–Crippen MR) is 76.7 cm³/mol. The van der Waals surface area contributed by atoms with Crippen molar-refractivity contribution in [2.45, 2.75) is 13.3 Å². The molecule has 7 nitrogen and oxygen atoms in total. The fourth-order valence-electron chi connectivity index (χ4n) is 1.43. The van der Waals surface area contributed by atoms with E-state index in [4.69, 9.17) is 21.4 Å². The smallest absolute Gasteiger partial charge is 0.335 e. The van der Waals surface area contributed by atoms with Crippen molar-refractivity contribution in [1.82, 2.24) is 5.32 Å². The molecule has 8 heteroatoms. The van der Waals surface area contributed by atoms with Gasteiger partial charge >= 0.3 is 18.0 Å². The van der Waals surface area contributed by atoms with Crippen molar-refractivity contribution >= 4 is 35.3 Å². The summed E-state index contributed by atoms with van der Waals surface area (Å²) in [5.74, 6) is -1.51. The number of carboxylic acids is 1. The average Bonchev–Trinajstić information content (AvgIpc) is 2.41. The molecule has 21 heavy (non-hydrogen) atoms. The van der Waals surface area contributed by atoms with Gasteiger partial charge in [0.15, 0.2) is 0 Å². The molecule has 0 atom stereocenters. The third-order valence-electron chi connectivity index (χ3n) is 2.38. The molecular weight excluding hydrogens is 300 g/mol. The largest absolute Gasteiger partial charge is 0.478 e. The van der Waals surface area contributed by atoms with Crippen molar-refractivity contribution in [2.75, 3.05) is 18.5 Å². The summed E-state index contributed by atoms with van der Waals surface area (Å²) in [5, 5.41) is 13.8. The molecule has 0 unspecified atom stereocenters. The van der Waals surface area contributed by atoms with Gasteiger partial charge in [0.25, 0.3) is 0 Å². The van der Waals surface area contributed by atoms with Crippen LogP contribution in [0.4, 0.5) is 10.5 Å². The number of hydrogen-bond acceptors (Lipinski definition) is 4. The minimum Gasteiger partial charge on any atom is -0.478 e. The molecule has 2 amide bonds. The molecule has 1 aromatic carbocycles. The number of carbonyl (C=O) groups excluding carboxylic acids is 2. The average molecular weight is 315 g/mol. The number of carboxylic acid groups (broad SMARTS) is 1. The van der Waals surface area contributed by atoms with Crippen molar-refractivity contribution in [1.29, 1.82) is 0 Å². The highest BCUT2D eigenvalue weighted by molar-refractivity contribution is 6.34. The summed E-state index contributed by atoms with van der Waals surface area (Å²) in [6.45, 7) is 2.10. The molecule has 0 saturated heterocycles. The van der Waals surface area contributed by atoms with E-state index in [1.54, 1.807) is 6.92 Å². The van der Waals surface area contributed by atoms with Crippen molar-refractivity contribution in [3.63, 3.8) is 0 Å². The number of amides is 2. The first-order valence-electron chi connectivity index (χ1n) is 6.17. The predicted octanol–water partition coefficient (Wildman–Crippen LogP) is 2.11. The Hall–Kier alpha value is -2.28. The van der Waals surface area contributed by atoms with E-state index in [-0.39, 0.29) is 35.8 Å². The lowest BCUT2D eigenvalue weighted by Gasteiger charge is -2.09. The first-order valence-corrected chi connectivity index (χ1v) is 6.55. The maximum atomic E-state index is 11.6. The van der Waals surface area contributed by atoms with Gasteiger partial charge in [-0.05, 0) is 25.1 Å². The zero-order valence-corrected chi connectivity index (χ0v) is 12.1. The van der Waals surface area contributed by atoms with Crippen LogP contribution in [0.3, 0.4) is 0 Å². The monoisotopic (exact) mass is 314 g/mol. The Morgan fingerprint density at radius 1 is 1.33 bits per heavy atom. The Balaban J connectivity index is 2.48. The van der Waals surface area contributed by atoms with E-state index in [1.165, 1.54) is 18.2 Å². The van der Waals surface area contributed by atoms with Crippen LogP contribution < -0.4 is 10.6 Å². The quantitative estimate of drug-likeness (QED) is 0.697. The van der Waals surface area contributed by atoms with Crippen LogP contribution in [0.2, 0.25) is 5.02 Å². The normalized spacial score (nSPS) is 9.81. The number of carbonyl (C=O) groups is 3. The van der Waals surface area contributed by atoms with E-state index in [1.807, 2.05) is 0 Å². The van der Waals surface area contributed by atoms with Crippen molar-refractivity contribution in [2.24, 2.45) is 0 Å². The Morgan fingerprint density at radius 3 is 2.62 bits per heavy atom. The highest BCUT2D eigenvalue weighted by Crippen LogP contribution is 2.22. The molecule has 0 spiro atoms. The number of ether oxygens (including phenoxy) is 1. The standard InChI is InChI=1S/C13H15ClN2O5/c1-2-21-11(17)5-6-15-13(20)16-10-4-3-8(12(18)19)7-9(10)14/h3-4,7H,2,5-6H2,1H3,(H,18,19)(H2,15,16,20). The van der Waals surface area contributed by atoms with Gasteiger partial charge in [0.1, 0.15) is 0 Å². The third-order valence-corrected chi connectivity index (χ3v) is 2.70. The van der Waals surface area contributed by atoms with Crippen LogP contribution in [0.1, 0.15) is 23.7 Å². The Labute approximate surface area is 126 Å². The van der Waals surface area contributed by atoms with Crippen LogP contribution in [0, 0.1) is 0 Å². The van der Waals surface area contributed by atoms with Crippen LogP contribution in [0.15, 0.2) is 18.2 Å². The third kappa shape index (κ3) is 5.70. The van der Waals surface area contributed by atoms with E-state index in [0.717, 1.165) is 0 Å². The summed E-state index contributed by atoms with van der Waals surface area (Å²) in [4.78, 5) is 33.4. The molecule has 0 heterocycles. The number of halogens is 1. The second kappa shape index (κ2) is 8.11. The van der Waals surface area contributed by atoms with Gasteiger partial charge in [-0.25, -0.2) is 9.59 Å². The number of hydrogen-bond donors (Lipinski definition) is 3. The Kier molecular flexibility index (Phi) is 6.48. The molecule has 0 aliphatic rings. The van der Waals surface area contributed by atoms with Gasteiger partial charge in [-0.15, -0.1) is 0 Å². The maximum Gasteiger partial charge on any atom is 0.335 e. The molecule has 0 aliphatic carbocycles. The van der Waals surface area contributed by atoms with Gasteiger partial charge in [0.05, 0.1) is 29.3 Å². The molecular formula is C13H15ClN2O5. The Morgan fingerprint density at radius 2 is 2.05 bits per heavy atom. The molecule has 0 saturated carbocycles. The number of aromatic carboxylic acids is 1. The first-order chi connectivity index (χ1) is 9.93. The summed E-state index contributed by atoms with van der Waals surface area (Å²) in [5.41, 5.74) is 0.295. The minimum absolute atomic E-state index is 0.0215. The van der Waals surface area contributed by atoms with Gasteiger partial charge in [0.2, 0.25) is 0 Å². The first kappa shape index (κ1) is 16.8. The van der Waals surface area contributed by atoms with Crippen LogP contribution >= 0.6 is 11.6 Å². The van der Waals surface area contributed by atoms with Crippen molar-refractivity contribution < 1.29 is 24.2 Å². The van der Waals surface area contributed by atoms with Crippen molar-refractivity contribution in [3.05, 3.63) is 28.8 Å². The van der Waals surface area contributed by atoms with Gasteiger partial charge < -0.3 is 20.5 Å². The number of urea groups is 1. The summed E-state index contributed by atoms with van der Waals surface area (Å²) >= 11 is 5.86. The number of rotatable bonds is 6. The zero-order chi connectivity index (χ0) is 15.8. The van der Waals surface area contributed by atoms with Crippen LogP contribution in [-0.4, -0.2) is 36.2 Å². The maximum absolute atomic E-state index is 11.6. The molecule has 0 fully saturated rings. The lowest BCUT2D eigenvalue weighted by molar-refractivity contribution is -0.142. The SMILES string of the molecule is CCOC(=O)CCNC(=O)Nc1ccc(C(=O)O)cc1Cl. The summed E-state index contributed by atoms with van der Waals surface area (Å²) in [6, 6.07) is 3.39. The van der Waals surface area contributed by atoms with E-state index >= 15 is 0 Å². The minimum atomic E-state index is -1.11. The zero-order valence-electron chi connectivity index (χ0n) is 11.3. The number of nitrogens with one attached hydrogen (secondary N) is 2. The lowest BCUT2D eigenvalue weighted by atomic mass is 10.2. The van der Waals surface area contributed by atoms with E-state index in [9.17, 15) is 14.4 Å². The van der Waals surface area contributed by atoms with Gasteiger partial charge in [0, 0.05) is 6.54 Å². The van der Waals surface area contributed by atoms with Crippen LogP contribution in [-0.2, 0) is 9.53 Å². The van der Waals surface area contributed by atoms with Gasteiger partial charge in [-0.2, -0.15) is 0 Å². The molecule has 0 aliphatic heterocycles. The second-order valence-electron chi connectivity index (χ2n) is 3.94. The number of esters is 1. The highest BCUT2D eigenvalue weighted by Gasteiger charge is 2.10. The van der Waals surface area contributed by atoms with Gasteiger partial charge in [-0.1, -0.05) is 11.6 Å². The highest BCUT2D eigenvalue weighted by atomic mass is 35.5. The second-order valence-corrected chi connectivity index (χ2v) is 4.34. The molecule has 0 bridgehead atoms. The van der Waals surface area contributed by atoms with Crippen LogP contribution in [0.5, 0.6) is 0 Å². The molecule has 114 valence electrons. The molecule has 0 radical (unpaired) electrons. The summed E-state index contributed by atoms with van der Waals surface area (Å²) < 4.78 is 4.71. The Bertz CT molecular complexity index is 547. The fourth-order valence-corrected chi connectivity index (χ4v) is 1.66. The van der Waals surface area contributed by atoms with E-state index in [0.29, 0.717) is 0 Å². The molecule has 1 rings (SSSR count). The topological polar surface area (TPSA) is 105 Å². The number of benzene rings is 1. The van der Waals surface area contributed by atoms with Crippen LogP contribution in [0.25, 0.3) is 0 Å².